The van der Waals surface area contributed by atoms with E-state index in [4.69, 9.17) is 39.9 Å². The Kier molecular flexibility index (Phi) is 29.7. The predicted molar refractivity (Wildman–Crippen MR) is 308 cm³/mol. The van der Waals surface area contributed by atoms with Gasteiger partial charge in [0.15, 0.2) is 0 Å². The first-order valence-electron chi connectivity index (χ1n) is 25.7. The third kappa shape index (κ3) is 18.7. The molecule has 0 fully saturated rings. The van der Waals surface area contributed by atoms with E-state index in [9.17, 15) is 34.4 Å². The van der Waals surface area contributed by atoms with Gasteiger partial charge in [0, 0.05) is 64.7 Å². The maximum Gasteiger partial charge on any atom is 2.00 e. The van der Waals surface area contributed by atoms with Crippen LogP contribution in [0.4, 0.5) is 17.6 Å². The Morgan fingerprint density at radius 3 is 1.37 bits per heavy atom. The number of aromatic nitrogens is 11. The summed E-state index contributed by atoms with van der Waals surface area (Å²) in [6.07, 6.45) is 13.8. The smallest absolute Gasteiger partial charge is 0.748 e. The molecule has 2 aliphatic heterocycles. The van der Waals surface area contributed by atoms with Gasteiger partial charge in [0.2, 0.25) is 21.9 Å². The average molecular weight is 1250 g/mol. The first kappa shape index (κ1) is 74.0. The Hall–Kier alpha value is -4.12. The van der Waals surface area contributed by atoms with Crippen molar-refractivity contribution in [2.75, 3.05) is 35.7 Å². The molecular formula is C54H72CuN14Na2O8S3. The normalized spacial score (nSPS) is 13.6. The van der Waals surface area contributed by atoms with Gasteiger partial charge >= 0.3 is 76.2 Å². The van der Waals surface area contributed by atoms with Crippen LogP contribution in [0.3, 0.4) is 0 Å². The van der Waals surface area contributed by atoms with Crippen molar-refractivity contribution in [1.29, 1.82) is 0 Å². The molecule has 2 aromatic carbocycles. The van der Waals surface area contributed by atoms with Crippen LogP contribution in [-0.2, 0) is 79.4 Å². The zero-order valence-corrected chi connectivity index (χ0v) is 52.7. The third-order valence-corrected chi connectivity index (χ3v) is 15.1. The molecule has 22 nitrogen and oxygen atoms in total. The SMILES string of the molecule is C.C.C.CC.CC.CS(=O)(=O)NCCc1nc(NCCCS(=O)(=O)[O-])nc(Nc2ccc(S(=O)(=O)[O-])cc2)n1.[Cu+2].[Na+].[Na+].c1ccc2c(c1)-c1nc-2nc2[n-]c(nc3nc(nc4[n-]c(n1)c1c4CCCC1)C1=C3CCCC1)c1c2CCCC1. The maximum atomic E-state index is 11.2. The van der Waals surface area contributed by atoms with Gasteiger partial charge in [-0.1, -0.05) is 74.2 Å². The van der Waals surface area contributed by atoms with E-state index in [1.165, 1.54) is 45.5 Å². The number of benzene rings is 2. The Bertz CT molecular complexity index is 3550. The molecule has 3 aliphatic carbocycles. The quantitative estimate of drug-likeness (QED) is 0.0899. The fourth-order valence-electron chi connectivity index (χ4n) is 9.42. The van der Waals surface area contributed by atoms with Crippen molar-refractivity contribution in [1.82, 2.24) is 59.5 Å². The van der Waals surface area contributed by atoms with E-state index in [2.05, 4.69) is 42.4 Å². The second kappa shape index (κ2) is 33.0. The van der Waals surface area contributed by atoms with Crippen LogP contribution >= 0.6 is 0 Å². The molecule has 0 amide bonds. The van der Waals surface area contributed by atoms with Gasteiger partial charge in [-0.25, -0.2) is 39.9 Å². The van der Waals surface area contributed by atoms with Crippen molar-refractivity contribution in [3.8, 4) is 22.8 Å². The summed E-state index contributed by atoms with van der Waals surface area (Å²) >= 11 is 0. The van der Waals surface area contributed by atoms with Crippen LogP contribution in [-0.4, -0.2) is 104 Å². The number of anilines is 3. The van der Waals surface area contributed by atoms with Crippen LogP contribution in [0.2, 0.25) is 0 Å². The average Bonchev–Trinajstić information content (AvgIpc) is 4.24. The second-order valence-corrected chi connectivity index (χ2v) is 22.7. The summed E-state index contributed by atoms with van der Waals surface area (Å²) in [6.45, 7) is 8.08. The zero-order valence-electron chi connectivity index (χ0n) is 45.4. The van der Waals surface area contributed by atoms with Crippen LogP contribution in [0.5, 0.6) is 0 Å². The van der Waals surface area contributed by atoms with Crippen LogP contribution in [0.1, 0.15) is 147 Å². The molecule has 0 saturated heterocycles. The van der Waals surface area contributed by atoms with Crippen molar-refractivity contribution in [3.05, 3.63) is 88.3 Å². The van der Waals surface area contributed by atoms with Gasteiger partial charge in [-0.15, -0.1) is 0 Å². The number of hydrogen-bond donors (Lipinski definition) is 3. The zero-order chi connectivity index (χ0) is 54.2. The van der Waals surface area contributed by atoms with Crippen molar-refractivity contribution in [2.24, 2.45) is 0 Å². The molecule has 5 aliphatic rings. The van der Waals surface area contributed by atoms with Crippen LogP contribution in [0.15, 0.2) is 53.4 Å². The van der Waals surface area contributed by atoms with Gasteiger partial charge in [0.25, 0.3) is 0 Å². The number of nitrogens with zero attached hydrogens (tertiary/aromatic N) is 11. The monoisotopic (exact) mass is 1250 g/mol. The largest absolute Gasteiger partial charge is 2.00 e. The molecule has 28 heteroatoms. The molecule has 8 bridgehead atoms. The van der Waals surface area contributed by atoms with Gasteiger partial charge in [0.05, 0.1) is 44.6 Å². The number of hydrogen-bond acceptors (Lipinski definition) is 19. The Labute approximate surface area is 538 Å². The van der Waals surface area contributed by atoms with Crippen molar-refractivity contribution in [2.45, 2.75) is 145 Å². The molecule has 3 N–H and O–H groups in total. The van der Waals surface area contributed by atoms with Crippen molar-refractivity contribution < 1.29 is 111 Å². The number of allylic oxidation sites excluding steroid dienone is 2. The van der Waals surface area contributed by atoms with E-state index < -0.39 is 40.9 Å². The molecule has 0 atom stereocenters. The standard InChI is InChI=1S/C32H28N8.C15H22N6O8S3.2C2H6.3CH4.Cu.2Na/c1-2-10-18-17(9-1)25-33-26(18)38-28-21-13-5-6-14-22(21)30(35-28)40-32-24-16-8-7-15-23(24)31(36-32)39-29-20-12-4-3-11-19(20)27(34-29)37-25;1-30(22,23)17-9-7-13-19-14(16-8-2-10-31(24,25)26)21-15(20-13)18-11-3-5-12(6-4-11)32(27,28)29;2*1-2;;;;;;/h1-2,9-10H,3-8,11-16H2;3-6,17H,2,7-10H2,1H3,(H,24,25,26)(H,27,28,29)(H2,16,18,19,20,21);2*1-2H3;3*1H4;;;/q-2;;;;;;;+2;2*+1/p-2. The Morgan fingerprint density at radius 1 is 0.524 bits per heavy atom. The number of fused-ring (bicyclic) bond motifs is 19. The van der Waals surface area contributed by atoms with Crippen molar-refractivity contribution >= 4 is 81.6 Å². The Balaban J connectivity index is 0.000000506. The minimum atomic E-state index is -4.60. The minimum Gasteiger partial charge on any atom is -0.748 e. The summed E-state index contributed by atoms with van der Waals surface area (Å²) in [5.41, 5.74) is 12.7. The van der Waals surface area contributed by atoms with Gasteiger partial charge in [-0.3, -0.25) is 0 Å². The fourth-order valence-corrected chi connectivity index (χ4v) is 10.9. The van der Waals surface area contributed by atoms with Crippen LogP contribution in [0, 0.1) is 0 Å². The first-order valence-corrected chi connectivity index (χ1v) is 30.6. The fraction of sp³-hybridized carbons (Fsp3) is 0.463. The van der Waals surface area contributed by atoms with E-state index in [0.717, 1.165) is 141 Å². The molecule has 437 valence electrons. The van der Waals surface area contributed by atoms with Gasteiger partial charge in [-0.05, 0) is 141 Å². The predicted octanol–water partition coefficient (Wildman–Crippen LogP) is 2.65. The molecule has 6 aromatic rings. The summed E-state index contributed by atoms with van der Waals surface area (Å²) in [7, 11) is -12.4. The first-order chi connectivity index (χ1) is 36.5. The molecule has 82 heavy (non-hydrogen) atoms. The summed E-state index contributed by atoms with van der Waals surface area (Å²) in [4.78, 5) is 52.5. The number of aryl methyl sites for hydroxylation is 4. The summed E-state index contributed by atoms with van der Waals surface area (Å²) < 4.78 is 89.9. The Morgan fingerprint density at radius 2 is 0.939 bits per heavy atom. The van der Waals surface area contributed by atoms with E-state index in [-0.39, 0.29) is 142 Å². The molecule has 6 heterocycles. The second-order valence-electron chi connectivity index (χ2n) is 18.0. The van der Waals surface area contributed by atoms with Gasteiger partial charge in [0.1, 0.15) is 15.9 Å². The van der Waals surface area contributed by atoms with E-state index in [1.807, 2.05) is 39.8 Å². The molecule has 0 unspecified atom stereocenters. The number of nitrogens with one attached hydrogen (secondary N) is 3. The molecular weight excluding hydrogens is 1180 g/mol. The molecule has 1 radical (unpaired) electrons. The van der Waals surface area contributed by atoms with E-state index in [1.54, 1.807) is 0 Å². The molecule has 4 aromatic heterocycles. The topological polar surface area (TPSA) is 329 Å². The third-order valence-electron chi connectivity index (χ3n) is 12.8. The van der Waals surface area contributed by atoms with E-state index >= 15 is 0 Å². The molecule has 11 rings (SSSR count). The summed E-state index contributed by atoms with van der Waals surface area (Å²) in [5, 5.41) is 5.56. The maximum absolute atomic E-state index is 11.2. The number of sulfonamides is 1. The molecule has 0 spiro atoms. The van der Waals surface area contributed by atoms with Crippen LogP contribution < -0.4 is 84.4 Å². The van der Waals surface area contributed by atoms with Gasteiger partial charge < -0.3 is 49.6 Å². The van der Waals surface area contributed by atoms with E-state index in [0.29, 0.717) is 17.3 Å². The number of rotatable bonds is 12. The van der Waals surface area contributed by atoms with Gasteiger partial charge in [-0.2, -0.15) is 15.0 Å². The van der Waals surface area contributed by atoms with Crippen molar-refractivity contribution in [3.63, 3.8) is 0 Å². The minimum absolute atomic E-state index is 0. The molecule has 0 saturated carbocycles. The summed E-state index contributed by atoms with van der Waals surface area (Å²) in [5.74, 6) is 2.56. The summed E-state index contributed by atoms with van der Waals surface area (Å²) in [6, 6.07) is 13.1. The van der Waals surface area contributed by atoms with Crippen LogP contribution in [0.25, 0.3) is 56.5 Å².